The molecule has 0 saturated heterocycles. The number of aromatic nitrogens is 1. The van der Waals surface area contributed by atoms with Gasteiger partial charge in [-0.25, -0.2) is 0 Å². The zero-order valence-electron chi connectivity index (χ0n) is 17.3. The third kappa shape index (κ3) is 3.40. The van der Waals surface area contributed by atoms with Gasteiger partial charge in [-0.1, -0.05) is 60.7 Å². The van der Waals surface area contributed by atoms with Gasteiger partial charge in [0, 0.05) is 22.0 Å². The minimum atomic E-state index is 0.896. The molecule has 0 radical (unpaired) electrons. The van der Waals surface area contributed by atoms with Crippen molar-refractivity contribution in [3.8, 4) is 22.4 Å². The number of benzene rings is 4. The highest BCUT2D eigenvalue weighted by Gasteiger charge is 2.08. The highest BCUT2D eigenvalue weighted by Crippen LogP contribution is 2.32. The average Bonchev–Trinajstić information content (AvgIpc) is 3.24. The predicted molar refractivity (Wildman–Crippen MR) is 132 cm³/mol. The number of para-hydroxylation sites is 1. The van der Waals surface area contributed by atoms with Crippen molar-refractivity contribution in [2.45, 2.75) is 0 Å². The smallest absolute Gasteiger partial charge is 0.135 e. The van der Waals surface area contributed by atoms with Crippen LogP contribution in [0.3, 0.4) is 0 Å². The van der Waals surface area contributed by atoms with E-state index in [9.17, 15) is 0 Å². The molecule has 6 aromatic rings. The van der Waals surface area contributed by atoms with E-state index >= 15 is 0 Å². The van der Waals surface area contributed by atoms with Crippen molar-refractivity contribution in [2.75, 3.05) is 5.32 Å². The van der Waals surface area contributed by atoms with Crippen molar-refractivity contribution < 1.29 is 4.42 Å². The molecule has 0 amide bonds. The molecule has 3 nitrogen and oxygen atoms in total. The summed E-state index contributed by atoms with van der Waals surface area (Å²) in [5.74, 6) is 0. The van der Waals surface area contributed by atoms with Crippen LogP contribution in [0.25, 0.3) is 44.3 Å². The van der Waals surface area contributed by atoms with Crippen LogP contribution in [0.4, 0.5) is 11.4 Å². The summed E-state index contributed by atoms with van der Waals surface area (Å²) >= 11 is 0. The quantitative estimate of drug-likeness (QED) is 0.318. The largest absolute Gasteiger partial charge is 0.456 e. The maximum Gasteiger partial charge on any atom is 0.135 e. The minimum absolute atomic E-state index is 0.896. The number of furan rings is 1. The molecule has 6 rings (SSSR count). The Morgan fingerprint density at radius 1 is 0.531 bits per heavy atom. The van der Waals surface area contributed by atoms with Gasteiger partial charge in [0.2, 0.25) is 0 Å². The fraction of sp³-hybridized carbons (Fsp3) is 0. The fourth-order valence-electron chi connectivity index (χ4n) is 4.07. The number of pyridine rings is 1. The molecular weight excluding hydrogens is 392 g/mol. The third-order valence-electron chi connectivity index (χ3n) is 5.72. The Bertz CT molecular complexity index is 1520. The lowest BCUT2D eigenvalue weighted by Crippen LogP contribution is -1.92. The number of nitrogens with zero attached hydrogens (tertiary/aromatic N) is 1. The zero-order chi connectivity index (χ0) is 21.3. The van der Waals surface area contributed by atoms with Gasteiger partial charge in [-0.15, -0.1) is 0 Å². The standard InChI is InChI=1S/C29H20N2O/c1-2-6-20(7-3-1)21-10-13-23(14-11-21)31-24-15-16-27(30-19-24)22-12-17-29-26(18-22)25-8-4-5-9-28(25)32-29/h1-19,31H. The van der Waals surface area contributed by atoms with E-state index in [0.29, 0.717) is 0 Å². The van der Waals surface area contributed by atoms with E-state index in [1.54, 1.807) is 0 Å². The summed E-state index contributed by atoms with van der Waals surface area (Å²) in [5, 5.41) is 5.67. The molecule has 0 atom stereocenters. The molecule has 1 N–H and O–H groups in total. The highest BCUT2D eigenvalue weighted by atomic mass is 16.3. The molecule has 0 spiro atoms. The SMILES string of the molecule is c1ccc(-c2ccc(Nc3ccc(-c4ccc5oc6ccccc6c5c4)nc3)cc2)cc1. The van der Waals surface area contributed by atoms with Crippen LogP contribution in [0.5, 0.6) is 0 Å². The molecule has 152 valence electrons. The molecule has 2 heterocycles. The van der Waals surface area contributed by atoms with Gasteiger partial charge >= 0.3 is 0 Å². The first-order chi connectivity index (χ1) is 15.8. The molecule has 0 bridgehead atoms. The summed E-state index contributed by atoms with van der Waals surface area (Å²) in [6, 6.07) is 37.3. The first-order valence-corrected chi connectivity index (χ1v) is 10.6. The van der Waals surface area contributed by atoms with E-state index in [1.807, 2.05) is 42.6 Å². The minimum Gasteiger partial charge on any atom is -0.456 e. The average molecular weight is 412 g/mol. The lowest BCUT2D eigenvalue weighted by molar-refractivity contribution is 0.669. The van der Waals surface area contributed by atoms with Crippen molar-refractivity contribution in [1.29, 1.82) is 0 Å². The molecule has 0 aliphatic rings. The van der Waals surface area contributed by atoms with Gasteiger partial charge < -0.3 is 9.73 Å². The van der Waals surface area contributed by atoms with E-state index in [-0.39, 0.29) is 0 Å². The third-order valence-corrected chi connectivity index (χ3v) is 5.72. The molecule has 32 heavy (non-hydrogen) atoms. The van der Waals surface area contributed by atoms with Gasteiger partial charge in [0.15, 0.2) is 0 Å². The van der Waals surface area contributed by atoms with Crippen LogP contribution >= 0.6 is 0 Å². The van der Waals surface area contributed by atoms with E-state index in [1.165, 1.54) is 11.1 Å². The first-order valence-electron chi connectivity index (χ1n) is 10.6. The summed E-state index contributed by atoms with van der Waals surface area (Å²) in [4.78, 5) is 4.69. The zero-order valence-corrected chi connectivity index (χ0v) is 17.3. The molecule has 0 unspecified atom stereocenters. The molecule has 4 aromatic carbocycles. The Balaban J connectivity index is 1.24. The Morgan fingerprint density at radius 3 is 2.03 bits per heavy atom. The van der Waals surface area contributed by atoms with Gasteiger partial charge in [-0.2, -0.15) is 0 Å². The Kier molecular flexibility index (Phi) is 4.43. The maximum absolute atomic E-state index is 5.93. The summed E-state index contributed by atoms with van der Waals surface area (Å²) < 4.78 is 5.93. The lowest BCUT2D eigenvalue weighted by atomic mass is 10.1. The second-order valence-corrected chi connectivity index (χ2v) is 7.81. The van der Waals surface area contributed by atoms with Gasteiger partial charge in [0.05, 0.1) is 17.6 Å². The van der Waals surface area contributed by atoms with Crippen LogP contribution in [-0.2, 0) is 0 Å². The summed E-state index contributed by atoms with van der Waals surface area (Å²) in [5.41, 5.74) is 8.21. The van der Waals surface area contributed by atoms with Gasteiger partial charge in [-0.3, -0.25) is 4.98 Å². The van der Waals surface area contributed by atoms with Crippen molar-refractivity contribution in [3.63, 3.8) is 0 Å². The summed E-state index contributed by atoms with van der Waals surface area (Å²) in [7, 11) is 0. The van der Waals surface area contributed by atoms with Gasteiger partial charge in [-0.05, 0) is 59.7 Å². The van der Waals surface area contributed by atoms with Crippen molar-refractivity contribution in [1.82, 2.24) is 4.98 Å². The van der Waals surface area contributed by atoms with E-state index in [4.69, 9.17) is 4.42 Å². The topological polar surface area (TPSA) is 38.1 Å². The Morgan fingerprint density at radius 2 is 1.22 bits per heavy atom. The number of rotatable bonds is 4. The Labute approximate surface area is 186 Å². The monoisotopic (exact) mass is 412 g/mol. The van der Waals surface area contributed by atoms with Crippen LogP contribution in [0, 0.1) is 0 Å². The van der Waals surface area contributed by atoms with Crippen LogP contribution in [0.2, 0.25) is 0 Å². The number of fused-ring (bicyclic) bond motifs is 3. The predicted octanol–water partition coefficient (Wildman–Crippen LogP) is 8.06. The molecule has 0 fully saturated rings. The van der Waals surface area contributed by atoms with Crippen molar-refractivity contribution in [3.05, 3.63) is 115 Å². The maximum atomic E-state index is 5.93. The van der Waals surface area contributed by atoms with E-state index in [2.05, 4.69) is 83.1 Å². The summed E-state index contributed by atoms with van der Waals surface area (Å²) in [6.07, 6.45) is 1.87. The number of hydrogen-bond acceptors (Lipinski definition) is 3. The van der Waals surface area contributed by atoms with E-state index < -0.39 is 0 Å². The first kappa shape index (κ1) is 18.4. The van der Waals surface area contributed by atoms with Crippen LogP contribution in [0.15, 0.2) is 120 Å². The molecule has 0 aliphatic heterocycles. The fourth-order valence-corrected chi connectivity index (χ4v) is 4.07. The number of hydrogen-bond donors (Lipinski definition) is 1. The second-order valence-electron chi connectivity index (χ2n) is 7.81. The van der Waals surface area contributed by atoms with Gasteiger partial charge in [0.25, 0.3) is 0 Å². The molecule has 0 saturated carbocycles. The second kappa shape index (κ2) is 7.71. The number of nitrogens with one attached hydrogen (secondary N) is 1. The van der Waals surface area contributed by atoms with Crippen LogP contribution in [0.1, 0.15) is 0 Å². The Hall–Kier alpha value is -4.37. The van der Waals surface area contributed by atoms with Crippen LogP contribution < -0.4 is 5.32 Å². The van der Waals surface area contributed by atoms with Crippen molar-refractivity contribution in [2.24, 2.45) is 0 Å². The van der Waals surface area contributed by atoms with Gasteiger partial charge in [0.1, 0.15) is 11.2 Å². The number of anilines is 2. The van der Waals surface area contributed by atoms with Crippen LogP contribution in [-0.4, -0.2) is 4.98 Å². The lowest BCUT2D eigenvalue weighted by Gasteiger charge is -2.09. The normalized spacial score (nSPS) is 11.1. The van der Waals surface area contributed by atoms with Crippen molar-refractivity contribution >= 4 is 33.3 Å². The molecule has 0 aliphatic carbocycles. The molecular formula is C29H20N2O. The molecule has 2 aromatic heterocycles. The van der Waals surface area contributed by atoms with E-state index in [0.717, 1.165) is 44.6 Å². The molecule has 3 heteroatoms. The highest BCUT2D eigenvalue weighted by molar-refractivity contribution is 6.06. The summed E-state index contributed by atoms with van der Waals surface area (Å²) in [6.45, 7) is 0.